The van der Waals surface area contributed by atoms with Crippen LogP contribution in [0.25, 0.3) is 38.9 Å². The van der Waals surface area contributed by atoms with Crippen molar-refractivity contribution in [2.45, 2.75) is 26.8 Å². The summed E-state index contributed by atoms with van der Waals surface area (Å²) >= 11 is 0. The van der Waals surface area contributed by atoms with Crippen LogP contribution in [-0.2, 0) is 9.36 Å². The summed E-state index contributed by atoms with van der Waals surface area (Å²) in [4.78, 5) is 36.0. The standard InChI is InChI=1S/C27H28N3O4P/c1-27(2,3)25(28)26(31)30-20-15-18-11-12-19(13-14-35(32,33)34)29-24(18)23(16-20)22-10-6-8-17-7-4-5-9-21(17)22/h4-16,25H,28H2,1-3H3,(H,30,31)(H2,32,33,34). The SMILES string of the molecule is CC(C)(C)C(N)C(=O)Nc1cc(-c2cccc3ccccc23)c2nc(C=CP(=O)(O)O)ccc2c1. The Labute approximate surface area is 203 Å². The quantitative estimate of drug-likeness (QED) is 0.274. The Hall–Kier alpha value is -3.35. The molecule has 0 bridgehead atoms. The van der Waals surface area contributed by atoms with Gasteiger partial charge in [-0.1, -0.05) is 69.3 Å². The number of aromatic nitrogens is 1. The lowest BCUT2D eigenvalue weighted by Gasteiger charge is -2.26. The van der Waals surface area contributed by atoms with Crippen LogP contribution in [0.15, 0.2) is 72.5 Å². The second kappa shape index (κ2) is 9.36. The minimum absolute atomic E-state index is 0.283. The molecule has 0 aliphatic rings. The van der Waals surface area contributed by atoms with E-state index in [9.17, 15) is 19.1 Å². The van der Waals surface area contributed by atoms with E-state index in [1.807, 2.05) is 81.4 Å². The Morgan fingerprint density at radius 2 is 1.71 bits per heavy atom. The molecule has 1 atom stereocenters. The molecule has 3 aromatic carbocycles. The molecule has 0 spiro atoms. The number of nitrogens with two attached hydrogens (primary N) is 1. The van der Waals surface area contributed by atoms with Crippen LogP contribution in [0.4, 0.5) is 5.69 Å². The average Bonchev–Trinajstić information content (AvgIpc) is 2.80. The molecule has 8 heteroatoms. The molecule has 1 heterocycles. The first-order valence-electron chi connectivity index (χ1n) is 11.2. The van der Waals surface area contributed by atoms with Crippen LogP contribution in [0.5, 0.6) is 0 Å². The molecule has 0 aliphatic heterocycles. The van der Waals surface area contributed by atoms with Crippen molar-refractivity contribution < 1.29 is 19.1 Å². The Morgan fingerprint density at radius 1 is 1.00 bits per heavy atom. The van der Waals surface area contributed by atoms with Gasteiger partial charge in [-0.2, -0.15) is 0 Å². The number of benzene rings is 3. The van der Waals surface area contributed by atoms with Crippen molar-refractivity contribution in [3.63, 3.8) is 0 Å². The molecular formula is C27H28N3O4P. The molecule has 0 aliphatic carbocycles. The zero-order valence-corrected chi connectivity index (χ0v) is 20.7. The molecule has 4 aromatic rings. The predicted molar refractivity (Wildman–Crippen MR) is 142 cm³/mol. The van der Waals surface area contributed by atoms with Gasteiger partial charge < -0.3 is 20.8 Å². The second-order valence-electron chi connectivity index (χ2n) is 9.60. The summed E-state index contributed by atoms with van der Waals surface area (Å²) in [5.74, 6) is 0.552. The highest BCUT2D eigenvalue weighted by atomic mass is 31.2. The van der Waals surface area contributed by atoms with Crippen LogP contribution in [0.2, 0.25) is 0 Å². The Kier molecular flexibility index (Phi) is 6.62. The van der Waals surface area contributed by atoms with Crippen LogP contribution in [0.1, 0.15) is 26.5 Å². The van der Waals surface area contributed by atoms with Gasteiger partial charge in [0.1, 0.15) is 0 Å². The smallest absolute Gasteiger partial charge is 0.325 e. The Bertz CT molecular complexity index is 1500. The first kappa shape index (κ1) is 24.8. The maximum absolute atomic E-state index is 12.9. The van der Waals surface area contributed by atoms with E-state index < -0.39 is 19.1 Å². The summed E-state index contributed by atoms with van der Waals surface area (Å²) in [6.07, 6.45) is 1.31. The van der Waals surface area contributed by atoms with Gasteiger partial charge in [-0.05, 0) is 46.0 Å². The average molecular weight is 490 g/mol. The molecule has 0 saturated carbocycles. The van der Waals surface area contributed by atoms with E-state index in [4.69, 9.17) is 5.73 Å². The van der Waals surface area contributed by atoms with Gasteiger partial charge >= 0.3 is 7.60 Å². The van der Waals surface area contributed by atoms with Crippen molar-refractivity contribution in [3.8, 4) is 11.1 Å². The lowest BCUT2D eigenvalue weighted by molar-refractivity contribution is -0.119. The van der Waals surface area contributed by atoms with Crippen molar-refractivity contribution in [1.82, 2.24) is 4.98 Å². The van der Waals surface area contributed by atoms with Crippen molar-refractivity contribution in [2.24, 2.45) is 11.1 Å². The van der Waals surface area contributed by atoms with Gasteiger partial charge in [0.25, 0.3) is 0 Å². The summed E-state index contributed by atoms with van der Waals surface area (Å²) in [7, 11) is -4.32. The number of carbonyl (C=O) groups excluding carboxylic acids is 1. The lowest BCUT2D eigenvalue weighted by atomic mass is 9.87. The topological polar surface area (TPSA) is 126 Å². The van der Waals surface area contributed by atoms with Gasteiger partial charge in [-0.15, -0.1) is 0 Å². The molecule has 1 amide bonds. The highest BCUT2D eigenvalue weighted by Crippen LogP contribution is 2.38. The minimum atomic E-state index is -4.32. The summed E-state index contributed by atoms with van der Waals surface area (Å²) < 4.78 is 11.3. The number of nitrogens with zero attached hydrogens (tertiary/aromatic N) is 1. The summed E-state index contributed by atoms with van der Waals surface area (Å²) in [5, 5.41) is 5.79. The van der Waals surface area contributed by atoms with Crippen molar-refractivity contribution in [2.75, 3.05) is 5.32 Å². The number of amides is 1. The second-order valence-corrected chi connectivity index (χ2v) is 11.1. The van der Waals surface area contributed by atoms with E-state index in [2.05, 4.69) is 10.3 Å². The highest BCUT2D eigenvalue weighted by Gasteiger charge is 2.27. The predicted octanol–water partition coefficient (Wildman–Crippen LogP) is 5.52. The van der Waals surface area contributed by atoms with E-state index in [0.717, 1.165) is 33.1 Å². The first-order chi connectivity index (χ1) is 16.4. The molecular weight excluding hydrogens is 461 g/mol. The number of hydrogen-bond acceptors (Lipinski definition) is 4. The minimum Gasteiger partial charge on any atom is -0.325 e. The fraction of sp³-hybridized carbons (Fsp3) is 0.185. The highest BCUT2D eigenvalue weighted by molar-refractivity contribution is 7.55. The Morgan fingerprint density at radius 3 is 2.43 bits per heavy atom. The van der Waals surface area contributed by atoms with Crippen LogP contribution < -0.4 is 11.1 Å². The number of pyridine rings is 1. The van der Waals surface area contributed by atoms with Crippen molar-refractivity contribution in [1.29, 1.82) is 0 Å². The lowest BCUT2D eigenvalue weighted by Crippen LogP contribution is -2.45. The van der Waals surface area contributed by atoms with Gasteiger partial charge in [-0.3, -0.25) is 9.36 Å². The van der Waals surface area contributed by atoms with Crippen LogP contribution in [-0.4, -0.2) is 26.7 Å². The van der Waals surface area contributed by atoms with Crippen LogP contribution in [0, 0.1) is 5.41 Å². The monoisotopic (exact) mass is 489 g/mol. The molecule has 0 saturated heterocycles. The Balaban J connectivity index is 1.91. The zero-order valence-electron chi connectivity index (χ0n) is 19.8. The molecule has 7 nitrogen and oxygen atoms in total. The number of hydrogen-bond donors (Lipinski definition) is 4. The molecule has 4 rings (SSSR count). The summed E-state index contributed by atoms with van der Waals surface area (Å²) in [6.45, 7) is 5.74. The molecule has 1 aromatic heterocycles. The van der Waals surface area contributed by atoms with Gasteiger partial charge in [-0.25, -0.2) is 4.98 Å². The number of fused-ring (bicyclic) bond motifs is 2. The third kappa shape index (κ3) is 5.66. The summed E-state index contributed by atoms with van der Waals surface area (Å²) in [6, 6.07) is 20.4. The van der Waals surface area contributed by atoms with E-state index in [1.165, 1.54) is 6.08 Å². The maximum atomic E-state index is 12.9. The van der Waals surface area contributed by atoms with E-state index >= 15 is 0 Å². The molecule has 1 unspecified atom stereocenters. The van der Waals surface area contributed by atoms with Crippen molar-refractivity contribution >= 4 is 46.9 Å². The third-order valence-electron chi connectivity index (χ3n) is 5.82. The van der Waals surface area contributed by atoms with E-state index in [-0.39, 0.29) is 5.91 Å². The molecule has 5 N–H and O–H groups in total. The third-order valence-corrected chi connectivity index (χ3v) is 6.35. The molecule has 0 radical (unpaired) electrons. The van der Waals surface area contributed by atoms with Crippen molar-refractivity contribution in [3.05, 3.63) is 78.2 Å². The van der Waals surface area contributed by atoms with Crippen LogP contribution >= 0.6 is 7.60 Å². The molecule has 0 fully saturated rings. The van der Waals surface area contributed by atoms with Gasteiger partial charge in [0.15, 0.2) is 0 Å². The fourth-order valence-corrected chi connectivity index (χ4v) is 4.21. The largest absolute Gasteiger partial charge is 0.349 e. The first-order valence-corrected chi connectivity index (χ1v) is 12.8. The zero-order chi connectivity index (χ0) is 25.4. The van der Waals surface area contributed by atoms with E-state index in [1.54, 1.807) is 6.07 Å². The number of rotatable bonds is 5. The summed E-state index contributed by atoms with van der Waals surface area (Å²) in [5.41, 5.74) is 9.12. The molecule has 35 heavy (non-hydrogen) atoms. The normalized spacial score (nSPS) is 13.4. The fourth-order valence-electron chi connectivity index (χ4n) is 3.87. The number of nitrogens with one attached hydrogen (secondary N) is 1. The van der Waals surface area contributed by atoms with Crippen LogP contribution in [0.3, 0.4) is 0 Å². The number of anilines is 1. The van der Waals surface area contributed by atoms with E-state index in [0.29, 0.717) is 16.9 Å². The number of carbonyl (C=O) groups is 1. The van der Waals surface area contributed by atoms with Gasteiger partial charge in [0.05, 0.1) is 17.3 Å². The molecule has 180 valence electrons. The van der Waals surface area contributed by atoms with Gasteiger partial charge in [0, 0.05) is 22.5 Å². The van der Waals surface area contributed by atoms with Gasteiger partial charge in [0.2, 0.25) is 5.91 Å². The maximum Gasteiger partial charge on any atom is 0.349 e.